The normalized spacial score (nSPS) is 11.8. The van der Waals surface area contributed by atoms with Gasteiger partial charge in [0, 0.05) is 24.5 Å². The zero-order valence-corrected chi connectivity index (χ0v) is 14.5. The molecule has 6 nitrogen and oxygen atoms in total. The number of nitrogens with one attached hydrogen (secondary N) is 2. The maximum absolute atomic E-state index is 11.9. The van der Waals surface area contributed by atoms with E-state index < -0.39 is 0 Å². The first kappa shape index (κ1) is 17.7. The van der Waals surface area contributed by atoms with E-state index in [-0.39, 0.29) is 12.1 Å². The van der Waals surface area contributed by atoms with Crippen LogP contribution in [0.1, 0.15) is 36.7 Å². The Hall–Kier alpha value is -2.63. The minimum Gasteiger partial charge on any atom is -0.335 e. The smallest absolute Gasteiger partial charge is 0.315 e. The van der Waals surface area contributed by atoms with Crippen LogP contribution in [-0.2, 0) is 6.54 Å². The van der Waals surface area contributed by atoms with Crippen molar-refractivity contribution >= 4 is 6.03 Å². The average Bonchev–Trinajstić information content (AvgIpc) is 2.91. The van der Waals surface area contributed by atoms with E-state index in [1.807, 2.05) is 45.0 Å². The number of urea groups is 1. The molecule has 0 aliphatic carbocycles. The highest BCUT2D eigenvalue weighted by molar-refractivity contribution is 5.74. The van der Waals surface area contributed by atoms with Crippen LogP contribution in [0.4, 0.5) is 4.79 Å². The molecule has 0 fully saturated rings. The molecule has 0 aromatic carbocycles. The van der Waals surface area contributed by atoms with Crippen LogP contribution in [-0.4, -0.2) is 26.8 Å². The van der Waals surface area contributed by atoms with Crippen LogP contribution in [0.2, 0.25) is 0 Å². The summed E-state index contributed by atoms with van der Waals surface area (Å²) in [7, 11) is 0. The number of rotatable bonds is 7. The summed E-state index contributed by atoms with van der Waals surface area (Å²) >= 11 is 0. The molecule has 2 rings (SSSR count). The third-order valence-corrected chi connectivity index (χ3v) is 3.77. The van der Waals surface area contributed by atoms with E-state index >= 15 is 0 Å². The number of aromatic nitrogens is 3. The number of carbonyl (C=O) groups excluding carboxylic acids is 1. The second-order valence-electron chi connectivity index (χ2n) is 5.82. The molecule has 0 saturated carbocycles. The van der Waals surface area contributed by atoms with Crippen LogP contribution in [0.15, 0.2) is 37.1 Å². The second kappa shape index (κ2) is 8.29. The van der Waals surface area contributed by atoms with Gasteiger partial charge in [-0.05, 0) is 44.4 Å². The van der Waals surface area contributed by atoms with Gasteiger partial charge in [0.05, 0.1) is 5.69 Å². The number of amides is 2. The first-order valence-electron chi connectivity index (χ1n) is 8.17. The number of pyridine rings is 1. The number of nitrogens with zero attached hydrogens (tertiary/aromatic N) is 3. The fourth-order valence-electron chi connectivity index (χ4n) is 2.45. The molecular weight excluding hydrogens is 302 g/mol. The van der Waals surface area contributed by atoms with Gasteiger partial charge in [0.2, 0.25) is 0 Å². The average molecular weight is 327 g/mol. The van der Waals surface area contributed by atoms with Crippen LogP contribution in [0, 0.1) is 13.8 Å². The third kappa shape index (κ3) is 4.68. The first-order valence-corrected chi connectivity index (χ1v) is 8.17. The monoisotopic (exact) mass is 327 g/mol. The predicted octanol–water partition coefficient (Wildman–Crippen LogP) is 3.04. The van der Waals surface area contributed by atoms with Crippen molar-refractivity contribution in [3.63, 3.8) is 0 Å². The number of aryl methyl sites for hydroxylation is 2. The summed E-state index contributed by atoms with van der Waals surface area (Å²) in [5.41, 5.74) is 2.94. The fraction of sp³-hybridized carbons (Fsp3) is 0.389. The van der Waals surface area contributed by atoms with Crippen LogP contribution < -0.4 is 10.6 Å². The van der Waals surface area contributed by atoms with Gasteiger partial charge in [-0.2, -0.15) is 5.10 Å². The van der Waals surface area contributed by atoms with Gasteiger partial charge in [0.25, 0.3) is 0 Å². The Balaban J connectivity index is 1.91. The Kier molecular flexibility index (Phi) is 6.12. The maximum Gasteiger partial charge on any atom is 0.315 e. The van der Waals surface area contributed by atoms with Crippen molar-refractivity contribution in [2.24, 2.45) is 0 Å². The number of hydrogen-bond acceptors (Lipinski definition) is 3. The topological polar surface area (TPSA) is 71.8 Å². The molecule has 1 atom stereocenters. The molecule has 2 amide bonds. The van der Waals surface area contributed by atoms with Gasteiger partial charge in [0.15, 0.2) is 5.82 Å². The highest BCUT2D eigenvalue weighted by Gasteiger charge is 2.09. The molecule has 2 heterocycles. The maximum atomic E-state index is 11.9. The van der Waals surface area contributed by atoms with Crippen molar-refractivity contribution in [3.05, 3.63) is 54.0 Å². The van der Waals surface area contributed by atoms with E-state index in [2.05, 4.69) is 27.3 Å². The van der Waals surface area contributed by atoms with Crippen molar-refractivity contribution in [2.75, 3.05) is 0 Å². The molecule has 0 saturated heterocycles. The SMILES string of the molecule is C=CC[C@@H](CC)NC(=O)NCc1ccc(-n2nc(C)cc2C)nc1. The Morgan fingerprint density at radius 3 is 2.75 bits per heavy atom. The Morgan fingerprint density at radius 1 is 1.42 bits per heavy atom. The lowest BCUT2D eigenvalue weighted by atomic mass is 10.1. The van der Waals surface area contributed by atoms with Crippen LogP contribution in [0.3, 0.4) is 0 Å². The zero-order valence-electron chi connectivity index (χ0n) is 14.5. The quantitative estimate of drug-likeness (QED) is 0.768. The van der Waals surface area contributed by atoms with Crippen molar-refractivity contribution in [3.8, 4) is 5.82 Å². The van der Waals surface area contributed by atoms with E-state index in [0.717, 1.165) is 35.6 Å². The van der Waals surface area contributed by atoms with Gasteiger partial charge in [-0.1, -0.05) is 19.1 Å². The standard InChI is InChI=1S/C18H25N5O/c1-5-7-16(6-2)21-18(24)20-12-15-8-9-17(19-11-15)23-14(4)10-13(3)22-23/h5,8-11,16H,1,6-7,12H2,2-4H3,(H2,20,21,24)/t16-/m1/s1. The van der Waals surface area contributed by atoms with E-state index in [1.165, 1.54) is 0 Å². The van der Waals surface area contributed by atoms with Crippen molar-refractivity contribution < 1.29 is 4.79 Å². The molecule has 0 aliphatic heterocycles. The van der Waals surface area contributed by atoms with Gasteiger partial charge in [-0.15, -0.1) is 6.58 Å². The Bertz CT molecular complexity index is 690. The molecule has 0 aliphatic rings. The number of carbonyl (C=O) groups is 1. The lowest BCUT2D eigenvalue weighted by Crippen LogP contribution is -2.41. The molecule has 128 valence electrons. The van der Waals surface area contributed by atoms with Gasteiger partial charge in [-0.3, -0.25) is 0 Å². The molecule has 0 bridgehead atoms. The van der Waals surface area contributed by atoms with Gasteiger partial charge in [-0.25, -0.2) is 14.5 Å². The van der Waals surface area contributed by atoms with Crippen molar-refractivity contribution in [1.82, 2.24) is 25.4 Å². The molecule has 0 spiro atoms. The highest BCUT2D eigenvalue weighted by atomic mass is 16.2. The first-order chi connectivity index (χ1) is 11.5. The van der Waals surface area contributed by atoms with Crippen LogP contribution >= 0.6 is 0 Å². The lowest BCUT2D eigenvalue weighted by Gasteiger charge is -2.15. The molecular formula is C18H25N5O. The summed E-state index contributed by atoms with van der Waals surface area (Å²) < 4.78 is 1.81. The van der Waals surface area contributed by atoms with Gasteiger partial charge < -0.3 is 10.6 Å². The molecule has 6 heteroatoms. The zero-order chi connectivity index (χ0) is 17.5. The minimum atomic E-state index is -0.175. The Labute approximate surface area is 143 Å². The molecule has 0 radical (unpaired) electrons. The van der Waals surface area contributed by atoms with E-state index in [9.17, 15) is 4.79 Å². The molecule has 2 N–H and O–H groups in total. The largest absolute Gasteiger partial charge is 0.335 e. The number of hydrogen-bond donors (Lipinski definition) is 2. The third-order valence-electron chi connectivity index (χ3n) is 3.77. The second-order valence-corrected chi connectivity index (χ2v) is 5.82. The van der Waals surface area contributed by atoms with Crippen molar-refractivity contribution in [2.45, 2.75) is 46.2 Å². The summed E-state index contributed by atoms with van der Waals surface area (Å²) in [5, 5.41) is 10.2. The molecule has 2 aromatic heterocycles. The van der Waals surface area contributed by atoms with Crippen LogP contribution in [0.25, 0.3) is 5.82 Å². The van der Waals surface area contributed by atoms with E-state index in [4.69, 9.17) is 0 Å². The van der Waals surface area contributed by atoms with Crippen LogP contribution in [0.5, 0.6) is 0 Å². The highest BCUT2D eigenvalue weighted by Crippen LogP contribution is 2.10. The van der Waals surface area contributed by atoms with E-state index in [1.54, 1.807) is 10.9 Å². The fourth-order valence-corrected chi connectivity index (χ4v) is 2.45. The summed E-state index contributed by atoms with van der Waals surface area (Å²) in [6.45, 7) is 10.1. The molecule has 0 unspecified atom stereocenters. The summed E-state index contributed by atoms with van der Waals surface area (Å²) in [4.78, 5) is 16.3. The predicted molar refractivity (Wildman–Crippen MR) is 95.1 cm³/mol. The van der Waals surface area contributed by atoms with Gasteiger partial charge >= 0.3 is 6.03 Å². The summed E-state index contributed by atoms with van der Waals surface area (Å²) in [6, 6.07) is 5.80. The summed E-state index contributed by atoms with van der Waals surface area (Å²) in [6.07, 6.45) is 5.21. The Morgan fingerprint density at radius 2 is 2.21 bits per heavy atom. The summed E-state index contributed by atoms with van der Waals surface area (Å²) in [5.74, 6) is 0.769. The van der Waals surface area contributed by atoms with E-state index in [0.29, 0.717) is 6.54 Å². The molecule has 24 heavy (non-hydrogen) atoms. The minimum absolute atomic E-state index is 0.119. The van der Waals surface area contributed by atoms with Crippen molar-refractivity contribution in [1.29, 1.82) is 0 Å². The van der Waals surface area contributed by atoms with Gasteiger partial charge in [0.1, 0.15) is 0 Å². The molecule has 2 aromatic rings. The lowest BCUT2D eigenvalue weighted by molar-refractivity contribution is 0.236.